The summed E-state index contributed by atoms with van der Waals surface area (Å²) in [7, 11) is 1.91. The average molecular weight is 279 g/mol. The lowest BCUT2D eigenvalue weighted by atomic mass is 10.0. The van der Waals surface area contributed by atoms with E-state index in [0.29, 0.717) is 13.1 Å². The molecule has 0 radical (unpaired) electrons. The van der Waals surface area contributed by atoms with Gasteiger partial charge in [0, 0.05) is 26.3 Å². The quantitative estimate of drug-likeness (QED) is 0.550. The van der Waals surface area contributed by atoms with Crippen LogP contribution in [0.25, 0.3) is 0 Å². The molecule has 1 aliphatic rings. The number of nitrogens with zero attached hydrogens (tertiary/aromatic N) is 3. The average Bonchev–Trinajstić information content (AvgIpc) is 3.03. The zero-order chi connectivity index (χ0) is 14.4. The van der Waals surface area contributed by atoms with Crippen LogP contribution in [0.3, 0.4) is 0 Å². The first-order valence-electron chi connectivity index (χ1n) is 7.34. The molecule has 0 aliphatic heterocycles. The predicted molar refractivity (Wildman–Crippen MR) is 79.4 cm³/mol. The Labute approximate surface area is 120 Å². The van der Waals surface area contributed by atoms with E-state index < -0.39 is 5.60 Å². The van der Waals surface area contributed by atoms with Gasteiger partial charge in [0.1, 0.15) is 0 Å². The fourth-order valence-electron chi connectivity index (χ4n) is 2.52. The fourth-order valence-corrected chi connectivity index (χ4v) is 2.52. The monoisotopic (exact) mass is 279 g/mol. The summed E-state index contributed by atoms with van der Waals surface area (Å²) in [6.45, 7) is 3.97. The molecule has 1 fully saturated rings. The first-order valence-corrected chi connectivity index (χ1v) is 7.34. The number of hydrogen-bond donors (Lipinski definition) is 3. The molecule has 0 amide bonds. The second kappa shape index (κ2) is 6.74. The number of nitrogens with one attached hydrogen (secondary N) is 2. The molecule has 0 saturated heterocycles. The van der Waals surface area contributed by atoms with Gasteiger partial charge in [-0.1, -0.05) is 12.8 Å². The van der Waals surface area contributed by atoms with E-state index in [0.717, 1.165) is 43.9 Å². The lowest BCUT2D eigenvalue weighted by molar-refractivity contribution is 0.0522. The van der Waals surface area contributed by atoms with Gasteiger partial charge >= 0.3 is 0 Å². The van der Waals surface area contributed by atoms with Gasteiger partial charge in [0.05, 0.1) is 17.8 Å². The van der Waals surface area contributed by atoms with Gasteiger partial charge in [-0.3, -0.25) is 4.68 Å². The van der Waals surface area contributed by atoms with Crippen LogP contribution >= 0.6 is 0 Å². The Balaban J connectivity index is 1.90. The second-order valence-electron chi connectivity index (χ2n) is 5.43. The molecule has 0 spiro atoms. The first kappa shape index (κ1) is 14.8. The smallest absolute Gasteiger partial charge is 0.191 e. The summed E-state index contributed by atoms with van der Waals surface area (Å²) < 4.78 is 1.82. The molecule has 2 rings (SSSR count). The number of aromatic nitrogens is 2. The van der Waals surface area contributed by atoms with Crippen molar-refractivity contribution in [1.29, 1.82) is 0 Å². The number of hydrogen-bond acceptors (Lipinski definition) is 3. The molecule has 1 aliphatic carbocycles. The molecular formula is C14H25N5O. The molecule has 1 heterocycles. The first-order chi connectivity index (χ1) is 9.63. The maximum absolute atomic E-state index is 10.3. The van der Waals surface area contributed by atoms with Crippen LogP contribution in [0.15, 0.2) is 17.3 Å². The van der Waals surface area contributed by atoms with Crippen molar-refractivity contribution in [3.8, 4) is 0 Å². The van der Waals surface area contributed by atoms with E-state index in [4.69, 9.17) is 0 Å². The van der Waals surface area contributed by atoms with Crippen molar-refractivity contribution in [2.45, 2.75) is 44.8 Å². The molecule has 1 aromatic rings. The Kier molecular flexibility index (Phi) is 5.00. The zero-order valence-corrected chi connectivity index (χ0v) is 12.4. The molecule has 0 atom stereocenters. The van der Waals surface area contributed by atoms with Gasteiger partial charge in [-0.25, -0.2) is 4.99 Å². The Morgan fingerprint density at radius 1 is 1.45 bits per heavy atom. The largest absolute Gasteiger partial charge is 0.388 e. The van der Waals surface area contributed by atoms with E-state index in [-0.39, 0.29) is 0 Å². The minimum atomic E-state index is -0.567. The normalized spacial score (nSPS) is 18.2. The summed E-state index contributed by atoms with van der Waals surface area (Å²) in [6.07, 6.45) is 5.75. The number of aliphatic hydroxyl groups is 1. The molecule has 1 aromatic heterocycles. The maximum atomic E-state index is 10.3. The predicted octanol–water partition coefficient (Wildman–Crippen LogP) is 0.780. The third-order valence-electron chi connectivity index (χ3n) is 3.79. The third-order valence-corrected chi connectivity index (χ3v) is 3.79. The Morgan fingerprint density at radius 3 is 2.80 bits per heavy atom. The minimum absolute atomic E-state index is 0.560. The van der Waals surface area contributed by atoms with Gasteiger partial charge in [0.15, 0.2) is 5.96 Å². The van der Waals surface area contributed by atoms with Crippen LogP contribution in [0.5, 0.6) is 0 Å². The number of aliphatic imine (C=N–C) groups is 1. The molecule has 0 aromatic carbocycles. The summed E-state index contributed by atoms with van der Waals surface area (Å²) in [5.74, 6) is 0.744. The van der Waals surface area contributed by atoms with Crippen molar-refractivity contribution in [3.63, 3.8) is 0 Å². The van der Waals surface area contributed by atoms with Crippen LogP contribution < -0.4 is 10.6 Å². The highest BCUT2D eigenvalue weighted by Gasteiger charge is 2.30. The molecule has 3 N–H and O–H groups in total. The lowest BCUT2D eigenvalue weighted by Crippen LogP contribution is -2.46. The summed E-state index contributed by atoms with van der Waals surface area (Å²) in [6, 6.07) is 1.96. The standard InChI is InChI=1S/C14H25N5O/c1-3-15-13(16-10-12-6-9-18-19(12)2)17-11-14(20)7-4-5-8-14/h6,9,20H,3-5,7-8,10-11H2,1-2H3,(H2,15,16,17). The highest BCUT2D eigenvalue weighted by atomic mass is 16.3. The summed E-state index contributed by atoms with van der Waals surface area (Å²) in [5, 5.41) is 20.9. The van der Waals surface area contributed by atoms with Crippen LogP contribution in [-0.4, -0.2) is 39.5 Å². The van der Waals surface area contributed by atoms with Crippen molar-refractivity contribution in [1.82, 2.24) is 20.4 Å². The van der Waals surface area contributed by atoms with Crippen molar-refractivity contribution >= 4 is 5.96 Å². The Bertz CT molecular complexity index is 448. The highest BCUT2D eigenvalue weighted by molar-refractivity contribution is 5.79. The molecule has 6 nitrogen and oxygen atoms in total. The van der Waals surface area contributed by atoms with Gasteiger partial charge in [0.2, 0.25) is 0 Å². The molecule has 0 bridgehead atoms. The molecule has 20 heavy (non-hydrogen) atoms. The van der Waals surface area contributed by atoms with Gasteiger partial charge in [-0.2, -0.15) is 5.10 Å². The van der Waals surface area contributed by atoms with Crippen LogP contribution in [0, 0.1) is 0 Å². The summed E-state index contributed by atoms with van der Waals surface area (Å²) in [4.78, 5) is 4.53. The van der Waals surface area contributed by atoms with Crippen LogP contribution in [0.1, 0.15) is 38.3 Å². The van der Waals surface area contributed by atoms with Crippen LogP contribution in [0.2, 0.25) is 0 Å². The van der Waals surface area contributed by atoms with E-state index in [1.807, 2.05) is 24.7 Å². The zero-order valence-electron chi connectivity index (χ0n) is 12.4. The summed E-state index contributed by atoms with van der Waals surface area (Å²) in [5.41, 5.74) is 0.490. The Hall–Kier alpha value is -1.56. The van der Waals surface area contributed by atoms with Crippen molar-refractivity contribution in [3.05, 3.63) is 18.0 Å². The third kappa shape index (κ3) is 3.96. The van der Waals surface area contributed by atoms with Crippen molar-refractivity contribution in [2.24, 2.45) is 12.0 Å². The van der Waals surface area contributed by atoms with Crippen molar-refractivity contribution < 1.29 is 5.11 Å². The van der Waals surface area contributed by atoms with Gasteiger partial charge in [-0.05, 0) is 25.8 Å². The molecule has 0 unspecified atom stereocenters. The summed E-state index contributed by atoms with van der Waals surface area (Å²) >= 11 is 0. The highest BCUT2D eigenvalue weighted by Crippen LogP contribution is 2.28. The topological polar surface area (TPSA) is 74.5 Å². The van der Waals surface area contributed by atoms with E-state index in [9.17, 15) is 5.11 Å². The van der Waals surface area contributed by atoms with E-state index in [2.05, 4.69) is 20.7 Å². The molecule has 112 valence electrons. The fraction of sp³-hybridized carbons (Fsp3) is 0.714. The van der Waals surface area contributed by atoms with Crippen molar-refractivity contribution in [2.75, 3.05) is 13.1 Å². The van der Waals surface area contributed by atoms with Gasteiger partial charge < -0.3 is 15.7 Å². The van der Waals surface area contributed by atoms with E-state index in [1.54, 1.807) is 6.20 Å². The van der Waals surface area contributed by atoms with Crippen LogP contribution in [-0.2, 0) is 13.6 Å². The molecular weight excluding hydrogens is 254 g/mol. The maximum Gasteiger partial charge on any atom is 0.191 e. The SMILES string of the molecule is CCNC(=NCc1ccnn1C)NCC1(O)CCCC1. The molecule has 1 saturated carbocycles. The molecule has 6 heteroatoms. The Morgan fingerprint density at radius 2 is 2.20 bits per heavy atom. The van der Waals surface area contributed by atoms with E-state index >= 15 is 0 Å². The number of guanidine groups is 1. The second-order valence-corrected chi connectivity index (χ2v) is 5.43. The van der Waals surface area contributed by atoms with Crippen LogP contribution in [0.4, 0.5) is 0 Å². The van der Waals surface area contributed by atoms with Gasteiger partial charge in [0.25, 0.3) is 0 Å². The number of rotatable bonds is 5. The number of aryl methyl sites for hydroxylation is 1. The van der Waals surface area contributed by atoms with E-state index in [1.165, 1.54) is 0 Å². The minimum Gasteiger partial charge on any atom is -0.388 e. The lowest BCUT2D eigenvalue weighted by Gasteiger charge is -2.23. The van der Waals surface area contributed by atoms with Gasteiger partial charge in [-0.15, -0.1) is 0 Å².